The quantitative estimate of drug-likeness (QED) is 0.421. The maximum absolute atomic E-state index is 5.77. The lowest BCUT2D eigenvalue weighted by Crippen LogP contribution is -2.02. The summed E-state index contributed by atoms with van der Waals surface area (Å²) in [6.07, 6.45) is 4.53. The van der Waals surface area contributed by atoms with Crippen LogP contribution in [0.5, 0.6) is 11.5 Å². The molecule has 1 aromatic carbocycles. The van der Waals surface area contributed by atoms with Gasteiger partial charge in [-0.3, -0.25) is 4.98 Å². The van der Waals surface area contributed by atoms with Crippen molar-refractivity contribution in [3.05, 3.63) is 48.8 Å². The van der Waals surface area contributed by atoms with E-state index in [0.29, 0.717) is 6.61 Å². The summed E-state index contributed by atoms with van der Waals surface area (Å²) in [7, 11) is 1.96. The lowest BCUT2D eigenvalue weighted by molar-refractivity contribution is 0.314. The highest BCUT2D eigenvalue weighted by molar-refractivity contribution is 7.99. The first-order valence-corrected chi connectivity index (χ1v) is 9.54. The van der Waals surface area contributed by atoms with Gasteiger partial charge in [0, 0.05) is 30.8 Å². The van der Waals surface area contributed by atoms with Crippen molar-refractivity contribution in [2.24, 2.45) is 7.05 Å². The predicted octanol–water partition coefficient (Wildman–Crippen LogP) is 3.84. The Morgan fingerprint density at radius 2 is 1.73 bits per heavy atom. The standard InChI is InChI=1S/C19H22N4O2S/c1-3-11-24-16-6-8-17(9-7-16)25-12-13-26-19-22-21-18(23(19)2)15-5-4-10-20-14-15/h4-10,14H,3,11-13H2,1-2H3. The van der Waals surface area contributed by atoms with Crippen molar-refractivity contribution < 1.29 is 9.47 Å². The van der Waals surface area contributed by atoms with Gasteiger partial charge >= 0.3 is 0 Å². The first kappa shape index (κ1) is 18.3. The van der Waals surface area contributed by atoms with Crippen molar-refractivity contribution in [2.45, 2.75) is 18.5 Å². The molecule has 0 aliphatic rings. The number of hydrogen-bond donors (Lipinski definition) is 0. The number of thioether (sulfide) groups is 1. The molecule has 0 radical (unpaired) electrons. The molecular formula is C19H22N4O2S. The van der Waals surface area contributed by atoms with E-state index in [1.54, 1.807) is 24.2 Å². The van der Waals surface area contributed by atoms with Crippen molar-refractivity contribution in [1.82, 2.24) is 19.7 Å². The van der Waals surface area contributed by atoms with Crippen LogP contribution in [0.15, 0.2) is 53.9 Å². The molecule has 3 aromatic rings. The zero-order chi connectivity index (χ0) is 18.2. The Balaban J connectivity index is 1.47. The lowest BCUT2D eigenvalue weighted by Gasteiger charge is -2.08. The molecule has 0 saturated heterocycles. The summed E-state index contributed by atoms with van der Waals surface area (Å²) in [4.78, 5) is 4.13. The molecule has 2 heterocycles. The van der Waals surface area contributed by atoms with Gasteiger partial charge in [0.2, 0.25) is 0 Å². The molecule has 0 atom stereocenters. The van der Waals surface area contributed by atoms with E-state index in [1.165, 1.54) is 0 Å². The fourth-order valence-corrected chi connectivity index (χ4v) is 3.06. The molecule has 0 fully saturated rings. The molecule has 0 aliphatic carbocycles. The number of nitrogens with zero attached hydrogens (tertiary/aromatic N) is 4. The molecule has 7 heteroatoms. The van der Waals surface area contributed by atoms with Crippen LogP contribution in [0.1, 0.15) is 13.3 Å². The van der Waals surface area contributed by atoms with E-state index in [-0.39, 0.29) is 0 Å². The third kappa shape index (κ3) is 4.76. The summed E-state index contributed by atoms with van der Waals surface area (Å²) in [6.45, 7) is 3.41. The van der Waals surface area contributed by atoms with Crippen LogP contribution in [0.4, 0.5) is 0 Å². The van der Waals surface area contributed by atoms with E-state index in [9.17, 15) is 0 Å². The minimum absolute atomic E-state index is 0.592. The Labute approximate surface area is 157 Å². The number of hydrogen-bond acceptors (Lipinski definition) is 6. The third-order valence-corrected chi connectivity index (χ3v) is 4.62. The fourth-order valence-electron chi connectivity index (χ4n) is 2.33. The van der Waals surface area contributed by atoms with Crippen LogP contribution in [0, 0.1) is 0 Å². The van der Waals surface area contributed by atoms with Gasteiger partial charge < -0.3 is 14.0 Å². The smallest absolute Gasteiger partial charge is 0.191 e. The highest BCUT2D eigenvalue weighted by Gasteiger charge is 2.11. The zero-order valence-electron chi connectivity index (χ0n) is 15.0. The van der Waals surface area contributed by atoms with Gasteiger partial charge in [0.15, 0.2) is 11.0 Å². The number of pyridine rings is 1. The summed E-state index contributed by atoms with van der Waals surface area (Å²) in [5.74, 6) is 3.30. The zero-order valence-corrected chi connectivity index (χ0v) is 15.8. The van der Waals surface area contributed by atoms with Gasteiger partial charge in [0.05, 0.1) is 13.2 Å². The summed E-state index contributed by atoms with van der Waals surface area (Å²) in [6, 6.07) is 11.6. The monoisotopic (exact) mass is 370 g/mol. The average Bonchev–Trinajstić information content (AvgIpc) is 3.06. The largest absolute Gasteiger partial charge is 0.494 e. The Kier molecular flexibility index (Phi) is 6.49. The van der Waals surface area contributed by atoms with Gasteiger partial charge in [0.25, 0.3) is 0 Å². The van der Waals surface area contributed by atoms with E-state index in [2.05, 4.69) is 22.1 Å². The summed E-state index contributed by atoms with van der Waals surface area (Å²) >= 11 is 1.62. The first-order valence-electron chi connectivity index (χ1n) is 8.56. The summed E-state index contributed by atoms with van der Waals surface area (Å²) < 4.78 is 13.3. The van der Waals surface area contributed by atoms with Gasteiger partial charge in [0.1, 0.15) is 11.5 Å². The SMILES string of the molecule is CCCOc1ccc(OCCSc2nnc(-c3cccnc3)n2C)cc1. The molecular weight excluding hydrogens is 348 g/mol. The Morgan fingerprint density at radius 3 is 2.38 bits per heavy atom. The molecule has 6 nitrogen and oxygen atoms in total. The molecule has 136 valence electrons. The first-order chi connectivity index (χ1) is 12.8. The Bertz CT molecular complexity index is 806. The second-order valence-corrected chi connectivity index (χ2v) is 6.69. The number of benzene rings is 1. The third-order valence-electron chi connectivity index (χ3n) is 3.63. The Hall–Kier alpha value is -2.54. The molecule has 26 heavy (non-hydrogen) atoms. The topological polar surface area (TPSA) is 62.1 Å². The van der Waals surface area contributed by atoms with Crippen molar-refractivity contribution in [3.63, 3.8) is 0 Å². The highest BCUT2D eigenvalue weighted by atomic mass is 32.2. The van der Waals surface area contributed by atoms with Crippen LogP contribution >= 0.6 is 11.8 Å². The predicted molar refractivity (Wildman–Crippen MR) is 103 cm³/mol. The van der Waals surface area contributed by atoms with Gasteiger partial charge in [-0.2, -0.15) is 0 Å². The molecule has 0 amide bonds. The van der Waals surface area contributed by atoms with Crippen LogP contribution in [-0.4, -0.2) is 38.7 Å². The Morgan fingerprint density at radius 1 is 1.00 bits per heavy atom. The van der Waals surface area contributed by atoms with Crippen molar-refractivity contribution in [3.8, 4) is 22.9 Å². The minimum atomic E-state index is 0.592. The van der Waals surface area contributed by atoms with Crippen molar-refractivity contribution >= 4 is 11.8 Å². The summed E-state index contributed by atoms with van der Waals surface area (Å²) in [5, 5.41) is 9.36. The maximum atomic E-state index is 5.77. The van der Waals surface area contributed by atoms with Crippen LogP contribution in [0.2, 0.25) is 0 Å². The van der Waals surface area contributed by atoms with Crippen LogP contribution in [0.3, 0.4) is 0 Å². The molecule has 2 aromatic heterocycles. The molecule has 0 N–H and O–H groups in total. The van der Waals surface area contributed by atoms with Crippen LogP contribution in [0.25, 0.3) is 11.4 Å². The maximum Gasteiger partial charge on any atom is 0.191 e. The van der Waals surface area contributed by atoms with Gasteiger partial charge in [-0.15, -0.1) is 10.2 Å². The van der Waals surface area contributed by atoms with E-state index < -0.39 is 0 Å². The van der Waals surface area contributed by atoms with Crippen molar-refractivity contribution in [2.75, 3.05) is 19.0 Å². The van der Waals surface area contributed by atoms with E-state index in [0.717, 1.165) is 46.8 Å². The second-order valence-electron chi connectivity index (χ2n) is 5.62. The number of rotatable bonds is 9. The number of ether oxygens (including phenoxy) is 2. The minimum Gasteiger partial charge on any atom is -0.494 e. The van der Waals surface area contributed by atoms with Crippen molar-refractivity contribution in [1.29, 1.82) is 0 Å². The molecule has 3 rings (SSSR count). The fraction of sp³-hybridized carbons (Fsp3) is 0.316. The van der Waals surface area contributed by atoms with Gasteiger partial charge in [-0.1, -0.05) is 18.7 Å². The van der Waals surface area contributed by atoms with Gasteiger partial charge in [-0.05, 0) is 42.8 Å². The molecule has 0 unspecified atom stereocenters. The molecule has 0 bridgehead atoms. The van der Waals surface area contributed by atoms with Gasteiger partial charge in [-0.25, -0.2) is 0 Å². The van der Waals surface area contributed by atoms with E-state index in [4.69, 9.17) is 9.47 Å². The highest BCUT2D eigenvalue weighted by Crippen LogP contribution is 2.22. The normalized spacial score (nSPS) is 10.7. The molecule has 0 spiro atoms. The van der Waals surface area contributed by atoms with E-state index >= 15 is 0 Å². The van der Waals surface area contributed by atoms with Crippen LogP contribution in [-0.2, 0) is 7.05 Å². The number of aromatic nitrogens is 4. The summed E-state index contributed by atoms with van der Waals surface area (Å²) in [5.41, 5.74) is 0.955. The second kappa shape index (κ2) is 9.24. The van der Waals surface area contributed by atoms with E-state index in [1.807, 2.05) is 48.0 Å². The lowest BCUT2D eigenvalue weighted by atomic mass is 10.3. The molecule has 0 aliphatic heterocycles. The van der Waals surface area contributed by atoms with Crippen LogP contribution < -0.4 is 9.47 Å². The molecule has 0 saturated carbocycles. The average molecular weight is 370 g/mol.